The van der Waals surface area contributed by atoms with E-state index >= 15 is 0 Å². The Kier molecular flexibility index (Phi) is 6.39. The first kappa shape index (κ1) is 17.3. The Morgan fingerprint density at radius 1 is 1.39 bits per heavy atom. The zero-order valence-electron chi connectivity index (χ0n) is 13.8. The predicted octanol–water partition coefficient (Wildman–Crippen LogP) is 4.30. The van der Waals surface area contributed by atoms with E-state index in [0.717, 1.165) is 43.3 Å². The molecule has 4 nitrogen and oxygen atoms in total. The fourth-order valence-electron chi connectivity index (χ4n) is 2.90. The Balaban J connectivity index is 2.05. The van der Waals surface area contributed by atoms with Crippen molar-refractivity contribution in [3.63, 3.8) is 0 Å². The van der Waals surface area contributed by atoms with Gasteiger partial charge in [-0.05, 0) is 39.0 Å². The summed E-state index contributed by atoms with van der Waals surface area (Å²) in [6.07, 6.45) is 14.5. The Bertz CT molecular complexity index is 557. The fraction of sp³-hybridized carbons (Fsp3) is 0.474. The molecule has 0 N–H and O–H groups in total. The van der Waals surface area contributed by atoms with Gasteiger partial charge in [-0.1, -0.05) is 49.0 Å². The van der Waals surface area contributed by atoms with E-state index in [0.29, 0.717) is 6.42 Å². The van der Waals surface area contributed by atoms with Crippen molar-refractivity contribution < 1.29 is 14.3 Å². The lowest BCUT2D eigenvalue weighted by Gasteiger charge is -2.21. The topological polar surface area (TPSA) is 46.6 Å². The molecule has 0 spiro atoms. The molecule has 2 aliphatic rings. The van der Waals surface area contributed by atoms with Crippen LogP contribution in [0.3, 0.4) is 0 Å². The Morgan fingerprint density at radius 2 is 2.22 bits per heavy atom. The van der Waals surface area contributed by atoms with Gasteiger partial charge in [0.15, 0.2) is 0 Å². The largest absolute Gasteiger partial charge is 0.447 e. The molecule has 0 bridgehead atoms. The van der Waals surface area contributed by atoms with Gasteiger partial charge in [0, 0.05) is 5.57 Å². The van der Waals surface area contributed by atoms with E-state index in [1.54, 1.807) is 0 Å². The molecular formula is C19H25NO3. The van der Waals surface area contributed by atoms with Gasteiger partial charge >= 0.3 is 6.09 Å². The van der Waals surface area contributed by atoms with Gasteiger partial charge in [0.1, 0.15) is 6.61 Å². The second-order valence-corrected chi connectivity index (χ2v) is 5.98. The van der Waals surface area contributed by atoms with Crippen molar-refractivity contribution in [2.75, 3.05) is 6.61 Å². The van der Waals surface area contributed by atoms with Crippen molar-refractivity contribution in [3.05, 3.63) is 48.1 Å². The van der Waals surface area contributed by atoms with Crippen molar-refractivity contribution in [2.24, 2.45) is 0 Å². The SMILES string of the molecule is C=C(/C=C\C=C/C)C[C@H]1COC(=O)N1C(=O)C1=CCCCCC1. The van der Waals surface area contributed by atoms with Crippen LogP contribution in [0, 0.1) is 0 Å². The van der Waals surface area contributed by atoms with E-state index in [9.17, 15) is 9.59 Å². The molecule has 0 unspecified atom stereocenters. The van der Waals surface area contributed by atoms with Crippen LogP contribution in [-0.2, 0) is 9.53 Å². The molecule has 1 aliphatic heterocycles. The third kappa shape index (κ3) is 4.68. The zero-order valence-corrected chi connectivity index (χ0v) is 13.8. The van der Waals surface area contributed by atoms with E-state index in [2.05, 4.69) is 6.58 Å². The minimum absolute atomic E-state index is 0.190. The van der Waals surface area contributed by atoms with Crippen molar-refractivity contribution >= 4 is 12.0 Å². The number of carbonyl (C=O) groups excluding carboxylic acids is 2. The van der Waals surface area contributed by atoms with Crippen molar-refractivity contribution in [3.8, 4) is 0 Å². The number of amides is 2. The molecule has 0 aromatic rings. The standard InChI is InChI=1S/C19H25NO3/c1-3-4-7-10-15(2)13-17-14-23-19(22)20(17)18(21)16-11-8-5-6-9-12-16/h3-4,7,10-11,17H,2,5-6,8-9,12-14H2,1H3/b4-3-,10-7-/t17-/m0/s1. The van der Waals surface area contributed by atoms with Gasteiger partial charge in [-0.3, -0.25) is 4.79 Å². The van der Waals surface area contributed by atoms with Gasteiger partial charge in [0.05, 0.1) is 6.04 Å². The summed E-state index contributed by atoms with van der Waals surface area (Å²) in [5.74, 6) is -0.190. The second-order valence-electron chi connectivity index (χ2n) is 5.98. The molecule has 1 saturated heterocycles. The van der Waals surface area contributed by atoms with Crippen LogP contribution in [0.1, 0.15) is 45.4 Å². The maximum Gasteiger partial charge on any atom is 0.417 e. The minimum atomic E-state index is -0.532. The van der Waals surface area contributed by atoms with Gasteiger partial charge in [0.2, 0.25) is 0 Å². The third-order valence-corrected chi connectivity index (χ3v) is 4.13. The number of cyclic esters (lactones) is 1. The zero-order chi connectivity index (χ0) is 16.7. The molecule has 1 fully saturated rings. The monoisotopic (exact) mass is 315 g/mol. The average Bonchev–Trinajstić information content (AvgIpc) is 2.75. The van der Waals surface area contributed by atoms with Crippen LogP contribution in [-0.4, -0.2) is 29.5 Å². The van der Waals surface area contributed by atoms with Gasteiger partial charge in [-0.2, -0.15) is 0 Å². The summed E-state index contributed by atoms with van der Waals surface area (Å²) < 4.78 is 5.11. The molecule has 0 aromatic carbocycles. The molecule has 4 heteroatoms. The summed E-state index contributed by atoms with van der Waals surface area (Å²) in [6, 6.07) is -0.262. The number of imide groups is 1. The summed E-state index contributed by atoms with van der Waals surface area (Å²) in [5, 5.41) is 0. The van der Waals surface area contributed by atoms with Crippen LogP contribution in [0.15, 0.2) is 48.1 Å². The van der Waals surface area contributed by atoms with Gasteiger partial charge in [0.25, 0.3) is 5.91 Å². The van der Waals surface area contributed by atoms with Crippen LogP contribution in [0.25, 0.3) is 0 Å². The highest BCUT2D eigenvalue weighted by Gasteiger charge is 2.38. The van der Waals surface area contributed by atoms with Crippen LogP contribution >= 0.6 is 0 Å². The number of nitrogens with zero attached hydrogens (tertiary/aromatic N) is 1. The Labute approximate surface area is 138 Å². The molecule has 0 aromatic heterocycles. The van der Waals surface area contributed by atoms with E-state index in [4.69, 9.17) is 4.74 Å². The number of hydrogen-bond acceptors (Lipinski definition) is 3. The second kappa shape index (κ2) is 8.51. The number of ether oxygens (including phenoxy) is 1. The van der Waals surface area contributed by atoms with Crippen molar-refractivity contribution in [2.45, 2.75) is 51.5 Å². The smallest absolute Gasteiger partial charge is 0.417 e. The van der Waals surface area contributed by atoms with Crippen molar-refractivity contribution in [1.29, 1.82) is 0 Å². The maximum atomic E-state index is 12.7. The molecular weight excluding hydrogens is 290 g/mol. The summed E-state index contributed by atoms with van der Waals surface area (Å²) in [6.45, 7) is 6.18. The fourth-order valence-corrected chi connectivity index (χ4v) is 2.90. The lowest BCUT2D eigenvalue weighted by molar-refractivity contribution is -0.125. The molecule has 1 aliphatic carbocycles. The van der Waals surface area contributed by atoms with Crippen LogP contribution in [0.2, 0.25) is 0 Å². The first-order valence-corrected chi connectivity index (χ1v) is 8.30. The highest BCUT2D eigenvalue weighted by Crippen LogP contribution is 2.25. The van der Waals surface area contributed by atoms with E-state index in [1.807, 2.05) is 37.3 Å². The van der Waals surface area contributed by atoms with Crippen LogP contribution in [0.5, 0.6) is 0 Å². The molecule has 2 amide bonds. The number of allylic oxidation sites excluding steroid dienone is 5. The number of rotatable bonds is 5. The summed E-state index contributed by atoms with van der Waals surface area (Å²) in [5.41, 5.74) is 1.63. The van der Waals surface area contributed by atoms with E-state index < -0.39 is 6.09 Å². The quantitative estimate of drug-likeness (QED) is 0.710. The Hall–Kier alpha value is -2.10. The highest BCUT2D eigenvalue weighted by molar-refractivity contribution is 6.03. The first-order chi connectivity index (χ1) is 11.1. The molecule has 0 saturated carbocycles. The maximum absolute atomic E-state index is 12.7. The molecule has 23 heavy (non-hydrogen) atoms. The van der Waals surface area contributed by atoms with Crippen LogP contribution in [0.4, 0.5) is 4.79 Å². The molecule has 2 rings (SSSR count). The Morgan fingerprint density at radius 3 is 3.00 bits per heavy atom. The lowest BCUT2D eigenvalue weighted by atomic mass is 10.0. The normalized spacial score (nSPS) is 22.3. The number of carbonyl (C=O) groups is 2. The summed E-state index contributed by atoms with van der Waals surface area (Å²) >= 11 is 0. The van der Waals surface area contributed by atoms with Gasteiger partial charge in [-0.15, -0.1) is 0 Å². The number of hydrogen-bond donors (Lipinski definition) is 0. The van der Waals surface area contributed by atoms with Crippen LogP contribution < -0.4 is 0 Å². The van der Waals surface area contributed by atoms with Gasteiger partial charge in [-0.25, -0.2) is 9.69 Å². The third-order valence-electron chi connectivity index (χ3n) is 4.13. The molecule has 0 radical (unpaired) electrons. The summed E-state index contributed by atoms with van der Waals surface area (Å²) in [7, 11) is 0. The molecule has 1 heterocycles. The summed E-state index contributed by atoms with van der Waals surface area (Å²) in [4.78, 5) is 26.0. The molecule has 124 valence electrons. The minimum Gasteiger partial charge on any atom is -0.447 e. The highest BCUT2D eigenvalue weighted by atomic mass is 16.6. The molecule has 1 atom stereocenters. The predicted molar refractivity (Wildman–Crippen MR) is 90.9 cm³/mol. The van der Waals surface area contributed by atoms with E-state index in [1.165, 1.54) is 4.90 Å². The average molecular weight is 315 g/mol. The lowest BCUT2D eigenvalue weighted by Crippen LogP contribution is -2.40. The van der Waals surface area contributed by atoms with E-state index in [-0.39, 0.29) is 18.6 Å². The van der Waals surface area contributed by atoms with Gasteiger partial charge < -0.3 is 4.74 Å². The van der Waals surface area contributed by atoms with Crippen molar-refractivity contribution in [1.82, 2.24) is 4.90 Å². The first-order valence-electron chi connectivity index (χ1n) is 8.30.